The van der Waals surface area contributed by atoms with Crippen molar-refractivity contribution in [3.8, 4) is 0 Å². The Labute approximate surface area is 168 Å². The van der Waals surface area contributed by atoms with Crippen LogP contribution < -0.4 is 15.9 Å². The van der Waals surface area contributed by atoms with Crippen LogP contribution in [0, 0.1) is 0 Å². The third-order valence-electron chi connectivity index (χ3n) is 4.96. The molecule has 0 atom stereocenters. The van der Waals surface area contributed by atoms with Gasteiger partial charge in [0, 0.05) is 26.2 Å². The number of fused-ring (bicyclic) bond motifs is 3. The zero-order chi connectivity index (χ0) is 18.3. The molecular weight excluding hydrogens is 383 g/mol. The molecule has 5 rings (SSSR count). The Morgan fingerprint density at radius 2 is 1.07 bits per heavy atom. The van der Waals surface area contributed by atoms with Crippen molar-refractivity contribution < 1.29 is 0 Å². The van der Waals surface area contributed by atoms with Crippen molar-refractivity contribution in [2.24, 2.45) is 0 Å². The van der Waals surface area contributed by atoms with Gasteiger partial charge in [0.2, 0.25) is 0 Å². The van der Waals surface area contributed by atoms with Crippen molar-refractivity contribution in [3.05, 3.63) is 103 Å². The van der Waals surface area contributed by atoms with Crippen LogP contribution in [0.15, 0.2) is 103 Å². The van der Waals surface area contributed by atoms with E-state index < -0.39 is 6.04 Å². The van der Waals surface area contributed by atoms with E-state index in [0.29, 0.717) is 0 Å². The SMILES string of the molecule is S=P(c1ccccc1)(c1ccccc1)c1ccc2sc3ccccc3c2c1. The van der Waals surface area contributed by atoms with Crippen LogP contribution in [0.2, 0.25) is 0 Å². The molecule has 0 unspecified atom stereocenters. The van der Waals surface area contributed by atoms with E-state index >= 15 is 0 Å². The van der Waals surface area contributed by atoms with Crippen LogP contribution >= 0.6 is 17.4 Å². The molecule has 0 spiro atoms. The highest BCUT2D eigenvalue weighted by atomic mass is 32.4. The number of hydrogen-bond donors (Lipinski definition) is 0. The Morgan fingerprint density at radius 3 is 1.74 bits per heavy atom. The molecule has 27 heavy (non-hydrogen) atoms. The number of thiophene rings is 1. The summed E-state index contributed by atoms with van der Waals surface area (Å²) >= 11 is 8.33. The highest BCUT2D eigenvalue weighted by Crippen LogP contribution is 2.44. The first kappa shape index (κ1) is 16.9. The topological polar surface area (TPSA) is 0 Å². The summed E-state index contributed by atoms with van der Waals surface area (Å²) in [6.45, 7) is 0. The molecule has 0 N–H and O–H groups in total. The van der Waals surface area contributed by atoms with E-state index in [1.807, 2.05) is 11.3 Å². The zero-order valence-electron chi connectivity index (χ0n) is 14.6. The fourth-order valence-corrected chi connectivity index (χ4v) is 8.46. The van der Waals surface area contributed by atoms with Gasteiger partial charge in [-0.2, -0.15) is 0 Å². The van der Waals surface area contributed by atoms with Gasteiger partial charge < -0.3 is 0 Å². The monoisotopic (exact) mass is 400 g/mol. The summed E-state index contributed by atoms with van der Waals surface area (Å²) in [6.07, 6.45) is 0. The first-order valence-corrected chi connectivity index (χ1v) is 12.5. The Kier molecular flexibility index (Phi) is 4.21. The maximum Gasteiger partial charge on any atom is 0.0379 e. The van der Waals surface area contributed by atoms with Crippen molar-refractivity contribution in [1.82, 2.24) is 0 Å². The van der Waals surface area contributed by atoms with Gasteiger partial charge in [0.1, 0.15) is 0 Å². The lowest BCUT2D eigenvalue weighted by atomic mass is 10.1. The lowest BCUT2D eigenvalue weighted by Crippen LogP contribution is -2.24. The minimum atomic E-state index is -2.10. The van der Waals surface area contributed by atoms with E-state index in [4.69, 9.17) is 11.8 Å². The van der Waals surface area contributed by atoms with Crippen LogP contribution in [0.4, 0.5) is 0 Å². The van der Waals surface area contributed by atoms with E-state index in [-0.39, 0.29) is 0 Å². The highest BCUT2D eigenvalue weighted by Gasteiger charge is 2.25. The van der Waals surface area contributed by atoms with Crippen molar-refractivity contribution in [2.75, 3.05) is 0 Å². The minimum absolute atomic E-state index is 1.24. The lowest BCUT2D eigenvalue weighted by Gasteiger charge is -2.24. The maximum atomic E-state index is 6.48. The number of hydrogen-bond acceptors (Lipinski definition) is 2. The van der Waals surface area contributed by atoms with E-state index in [1.165, 1.54) is 36.1 Å². The Hall–Kier alpha value is -2.25. The number of benzene rings is 4. The Morgan fingerprint density at radius 1 is 0.519 bits per heavy atom. The van der Waals surface area contributed by atoms with Gasteiger partial charge >= 0.3 is 0 Å². The summed E-state index contributed by atoms with van der Waals surface area (Å²) in [6, 6.07) is 34.6. The van der Waals surface area contributed by atoms with E-state index in [9.17, 15) is 0 Å². The second-order valence-electron chi connectivity index (χ2n) is 6.56. The van der Waals surface area contributed by atoms with Crippen LogP contribution in [0.25, 0.3) is 20.2 Å². The third-order valence-corrected chi connectivity index (χ3v) is 11.1. The normalized spacial score (nSPS) is 11.9. The smallest absolute Gasteiger partial charge is 0.0379 e. The van der Waals surface area contributed by atoms with Gasteiger partial charge in [-0.05, 0) is 34.1 Å². The molecule has 4 aromatic carbocycles. The molecule has 3 heteroatoms. The first-order valence-electron chi connectivity index (χ1n) is 8.90. The molecule has 1 heterocycles. The molecule has 0 amide bonds. The third kappa shape index (κ3) is 2.76. The van der Waals surface area contributed by atoms with Gasteiger partial charge in [0.05, 0.1) is 0 Å². The van der Waals surface area contributed by atoms with Gasteiger partial charge in [0.25, 0.3) is 0 Å². The average molecular weight is 401 g/mol. The molecule has 0 saturated carbocycles. The molecule has 130 valence electrons. The van der Waals surface area contributed by atoms with Gasteiger partial charge in [0.15, 0.2) is 0 Å². The second-order valence-corrected chi connectivity index (χ2v) is 12.1. The van der Waals surface area contributed by atoms with Crippen molar-refractivity contribution >= 4 is 65.3 Å². The maximum absolute atomic E-state index is 6.48. The molecular formula is C24H17PS2. The standard InChI is InChI=1S/C24H17PS2/c26-25(18-9-3-1-4-10-18,19-11-5-2-6-12-19)20-15-16-24-22(17-20)21-13-7-8-14-23(21)27-24/h1-17H. The summed E-state index contributed by atoms with van der Waals surface area (Å²) in [5, 5.41) is 6.37. The Bertz CT molecular complexity index is 1240. The van der Waals surface area contributed by atoms with Crippen LogP contribution in [0.1, 0.15) is 0 Å². The number of rotatable bonds is 3. The average Bonchev–Trinajstić information content (AvgIpc) is 3.12. The van der Waals surface area contributed by atoms with Crippen molar-refractivity contribution in [1.29, 1.82) is 0 Å². The molecule has 5 aromatic rings. The van der Waals surface area contributed by atoms with E-state index in [2.05, 4.69) is 103 Å². The fourth-order valence-electron chi connectivity index (χ4n) is 3.63. The molecule has 0 aliphatic carbocycles. The quantitative estimate of drug-likeness (QED) is 0.344. The largest absolute Gasteiger partial charge is 0.135 e. The molecule has 0 aliphatic rings. The van der Waals surface area contributed by atoms with Crippen LogP contribution in [-0.2, 0) is 11.8 Å². The summed E-state index contributed by atoms with van der Waals surface area (Å²) in [7, 11) is 0. The fraction of sp³-hybridized carbons (Fsp3) is 0. The summed E-state index contributed by atoms with van der Waals surface area (Å²) < 4.78 is 2.65. The van der Waals surface area contributed by atoms with E-state index in [0.717, 1.165) is 0 Å². The first-order chi connectivity index (χ1) is 13.3. The zero-order valence-corrected chi connectivity index (χ0v) is 17.1. The Balaban J connectivity index is 1.82. The predicted molar refractivity (Wildman–Crippen MR) is 125 cm³/mol. The van der Waals surface area contributed by atoms with Crippen LogP contribution in [0.3, 0.4) is 0 Å². The van der Waals surface area contributed by atoms with Crippen molar-refractivity contribution in [3.63, 3.8) is 0 Å². The summed E-state index contributed by atoms with van der Waals surface area (Å²) in [5.41, 5.74) is 0. The second kappa shape index (κ2) is 6.73. The van der Waals surface area contributed by atoms with Gasteiger partial charge in [-0.1, -0.05) is 96.7 Å². The van der Waals surface area contributed by atoms with Crippen molar-refractivity contribution in [2.45, 2.75) is 0 Å². The molecule has 0 nitrogen and oxygen atoms in total. The van der Waals surface area contributed by atoms with Gasteiger partial charge in [-0.25, -0.2) is 0 Å². The molecule has 0 fully saturated rings. The van der Waals surface area contributed by atoms with Crippen LogP contribution in [-0.4, -0.2) is 0 Å². The molecule has 0 aliphatic heterocycles. The lowest BCUT2D eigenvalue weighted by molar-refractivity contribution is 1.75. The summed E-state index contributed by atoms with van der Waals surface area (Å²) in [5.74, 6) is 0. The van der Waals surface area contributed by atoms with Gasteiger partial charge in [-0.3, -0.25) is 0 Å². The molecule has 0 radical (unpaired) electrons. The predicted octanol–water partition coefficient (Wildman–Crippen LogP) is 5.81. The molecule has 0 saturated heterocycles. The van der Waals surface area contributed by atoms with E-state index in [1.54, 1.807) is 0 Å². The van der Waals surface area contributed by atoms with Gasteiger partial charge in [-0.15, -0.1) is 11.3 Å². The minimum Gasteiger partial charge on any atom is -0.135 e. The summed E-state index contributed by atoms with van der Waals surface area (Å²) in [4.78, 5) is 0. The highest BCUT2D eigenvalue weighted by molar-refractivity contribution is 8.25. The van der Waals surface area contributed by atoms with Crippen LogP contribution in [0.5, 0.6) is 0 Å². The molecule has 1 aromatic heterocycles. The molecule has 0 bridgehead atoms.